The first kappa shape index (κ1) is 14.5. The van der Waals surface area contributed by atoms with Gasteiger partial charge in [0.1, 0.15) is 0 Å². The van der Waals surface area contributed by atoms with Gasteiger partial charge in [-0.1, -0.05) is 11.3 Å². The SMILES string of the molecule is NCCCCc1cn(-c2cccc(C(F)(F)F)c2)nn1. The first-order valence-electron chi connectivity index (χ1n) is 6.29. The molecule has 0 amide bonds. The largest absolute Gasteiger partial charge is 0.416 e. The summed E-state index contributed by atoms with van der Waals surface area (Å²) in [5, 5.41) is 7.80. The van der Waals surface area contributed by atoms with E-state index in [0.29, 0.717) is 12.2 Å². The van der Waals surface area contributed by atoms with Crippen molar-refractivity contribution < 1.29 is 13.2 Å². The summed E-state index contributed by atoms with van der Waals surface area (Å²) in [6.07, 6.45) is -0.225. The topological polar surface area (TPSA) is 56.7 Å². The molecule has 0 bridgehead atoms. The van der Waals surface area contributed by atoms with Gasteiger partial charge in [-0.3, -0.25) is 0 Å². The van der Waals surface area contributed by atoms with E-state index < -0.39 is 11.7 Å². The Hall–Kier alpha value is -1.89. The van der Waals surface area contributed by atoms with Crippen molar-refractivity contribution in [3.8, 4) is 5.69 Å². The third kappa shape index (κ3) is 3.57. The molecule has 4 nitrogen and oxygen atoms in total. The van der Waals surface area contributed by atoms with Crippen LogP contribution in [0.15, 0.2) is 30.5 Å². The molecule has 0 aliphatic rings. The van der Waals surface area contributed by atoms with Crippen LogP contribution in [-0.4, -0.2) is 21.5 Å². The van der Waals surface area contributed by atoms with Crippen molar-refractivity contribution in [2.75, 3.05) is 6.54 Å². The molecule has 0 unspecified atom stereocenters. The highest BCUT2D eigenvalue weighted by atomic mass is 19.4. The van der Waals surface area contributed by atoms with Gasteiger partial charge in [0.25, 0.3) is 0 Å². The molecule has 0 saturated heterocycles. The first-order valence-corrected chi connectivity index (χ1v) is 6.29. The molecule has 1 heterocycles. The van der Waals surface area contributed by atoms with Crippen LogP contribution in [0.5, 0.6) is 0 Å². The van der Waals surface area contributed by atoms with E-state index in [4.69, 9.17) is 5.73 Å². The zero-order valence-corrected chi connectivity index (χ0v) is 10.8. The van der Waals surface area contributed by atoms with E-state index in [2.05, 4.69) is 10.3 Å². The standard InChI is InChI=1S/C13H15F3N4/c14-13(15,16)10-4-3-6-12(8-10)20-9-11(18-19-20)5-1-2-7-17/h3-4,6,8-9H,1-2,5,7,17H2. The summed E-state index contributed by atoms with van der Waals surface area (Å²) in [7, 11) is 0. The van der Waals surface area contributed by atoms with Gasteiger partial charge in [0.15, 0.2) is 0 Å². The van der Waals surface area contributed by atoms with Gasteiger partial charge in [-0.25, -0.2) is 4.68 Å². The van der Waals surface area contributed by atoms with Crippen LogP contribution in [0.4, 0.5) is 13.2 Å². The first-order chi connectivity index (χ1) is 9.50. The maximum atomic E-state index is 12.6. The number of nitrogens with two attached hydrogens (primary N) is 1. The predicted octanol–water partition coefficient (Wildman–Crippen LogP) is 2.57. The van der Waals surface area contributed by atoms with E-state index in [1.807, 2.05) is 0 Å². The third-order valence-corrected chi connectivity index (χ3v) is 2.87. The highest BCUT2D eigenvalue weighted by molar-refractivity contribution is 5.36. The fourth-order valence-electron chi connectivity index (χ4n) is 1.81. The van der Waals surface area contributed by atoms with Crippen LogP contribution in [0.1, 0.15) is 24.1 Å². The van der Waals surface area contributed by atoms with Crippen LogP contribution >= 0.6 is 0 Å². The van der Waals surface area contributed by atoms with Gasteiger partial charge in [0.05, 0.1) is 23.1 Å². The smallest absolute Gasteiger partial charge is 0.330 e. The summed E-state index contributed by atoms with van der Waals surface area (Å²) in [5.41, 5.74) is 5.79. The van der Waals surface area contributed by atoms with E-state index >= 15 is 0 Å². The van der Waals surface area contributed by atoms with Gasteiger partial charge < -0.3 is 5.73 Å². The summed E-state index contributed by atoms with van der Waals surface area (Å²) >= 11 is 0. The molecule has 2 rings (SSSR count). The van der Waals surface area contributed by atoms with Crippen molar-refractivity contribution in [1.29, 1.82) is 0 Å². The Bertz CT molecular complexity index is 563. The Morgan fingerprint density at radius 3 is 2.70 bits per heavy atom. The number of unbranched alkanes of at least 4 members (excludes halogenated alkanes) is 1. The number of hydrogen-bond donors (Lipinski definition) is 1. The molecule has 0 saturated carbocycles. The maximum absolute atomic E-state index is 12.6. The lowest BCUT2D eigenvalue weighted by Gasteiger charge is -2.08. The lowest BCUT2D eigenvalue weighted by atomic mass is 10.2. The Morgan fingerprint density at radius 1 is 1.20 bits per heavy atom. The van der Waals surface area contributed by atoms with Gasteiger partial charge in [-0.2, -0.15) is 13.2 Å². The van der Waals surface area contributed by atoms with Gasteiger partial charge >= 0.3 is 6.18 Å². The van der Waals surface area contributed by atoms with Gasteiger partial charge in [0, 0.05) is 0 Å². The number of nitrogens with zero attached hydrogens (tertiary/aromatic N) is 3. The summed E-state index contributed by atoms with van der Waals surface area (Å²) < 4.78 is 39.3. The van der Waals surface area contributed by atoms with Gasteiger partial charge in [-0.05, 0) is 44.0 Å². The van der Waals surface area contributed by atoms with Crippen molar-refractivity contribution in [3.63, 3.8) is 0 Å². The van der Waals surface area contributed by atoms with Crippen LogP contribution in [0.3, 0.4) is 0 Å². The minimum absolute atomic E-state index is 0.345. The van der Waals surface area contributed by atoms with Crippen molar-refractivity contribution >= 4 is 0 Å². The zero-order chi connectivity index (χ0) is 14.6. The van der Waals surface area contributed by atoms with E-state index in [1.54, 1.807) is 12.3 Å². The number of benzene rings is 1. The van der Waals surface area contributed by atoms with E-state index in [9.17, 15) is 13.2 Å². The number of aryl methyl sites for hydroxylation is 1. The van der Waals surface area contributed by atoms with Gasteiger partial charge in [-0.15, -0.1) is 5.10 Å². The fourth-order valence-corrected chi connectivity index (χ4v) is 1.81. The molecular formula is C13H15F3N4. The average Bonchev–Trinajstić information content (AvgIpc) is 2.87. The molecule has 7 heteroatoms. The van der Waals surface area contributed by atoms with Crippen LogP contribution in [0, 0.1) is 0 Å². The lowest BCUT2D eigenvalue weighted by Crippen LogP contribution is -2.06. The summed E-state index contributed by atoms with van der Waals surface area (Å²) in [6.45, 7) is 0.613. The number of rotatable bonds is 5. The maximum Gasteiger partial charge on any atom is 0.416 e. The van der Waals surface area contributed by atoms with Crippen molar-refractivity contribution in [2.24, 2.45) is 5.73 Å². The fraction of sp³-hybridized carbons (Fsp3) is 0.385. The van der Waals surface area contributed by atoms with Crippen molar-refractivity contribution in [2.45, 2.75) is 25.4 Å². The van der Waals surface area contributed by atoms with E-state index in [0.717, 1.165) is 37.1 Å². The van der Waals surface area contributed by atoms with Crippen LogP contribution in [0.2, 0.25) is 0 Å². The molecular weight excluding hydrogens is 269 g/mol. The molecule has 0 radical (unpaired) electrons. The van der Waals surface area contributed by atoms with Crippen LogP contribution in [-0.2, 0) is 12.6 Å². The second kappa shape index (κ2) is 6.04. The summed E-state index contributed by atoms with van der Waals surface area (Å²) in [5.74, 6) is 0. The monoisotopic (exact) mass is 284 g/mol. The molecule has 0 aliphatic carbocycles. The number of halogens is 3. The molecule has 20 heavy (non-hydrogen) atoms. The van der Waals surface area contributed by atoms with Crippen LogP contribution < -0.4 is 5.73 Å². The zero-order valence-electron chi connectivity index (χ0n) is 10.8. The minimum atomic E-state index is -4.36. The molecule has 0 atom stereocenters. The Balaban J connectivity index is 2.16. The summed E-state index contributed by atoms with van der Waals surface area (Å²) in [4.78, 5) is 0. The normalized spacial score (nSPS) is 11.8. The average molecular weight is 284 g/mol. The third-order valence-electron chi connectivity index (χ3n) is 2.87. The highest BCUT2D eigenvalue weighted by Gasteiger charge is 2.30. The van der Waals surface area contributed by atoms with E-state index in [1.165, 1.54) is 10.7 Å². The Morgan fingerprint density at radius 2 is 2.00 bits per heavy atom. The highest BCUT2D eigenvalue weighted by Crippen LogP contribution is 2.30. The summed E-state index contributed by atoms with van der Waals surface area (Å²) in [6, 6.07) is 5.00. The predicted molar refractivity (Wildman–Crippen MR) is 68.4 cm³/mol. The Kier molecular flexibility index (Phi) is 4.39. The number of alkyl halides is 3. The molecule has 0 aliphatic heterocycles. The molecule has 1 aromatic heterocycles. The molecule has 0 spiro atoms. The molecule has 108 valence electrons. The number of hydrogen-bond acceptors (Lipinski definition) is 3. The van der Waals surface area contributed by atoms with Crippen molar-refractivity contribution in [1.82, 2.24) is 15.0 Å². The number of aromatic nitrogens is 3. The van der Waals surface area contributed by atoms with Crippen molar-refractivity contribution in [3.05, 3.63) is 41.7 Å². The van der Waals surface area contributed by atoms with E-state index in [-0.39, 0.29) is 0 Å². The molecule has 1 aromatic carbocycles. The lowest BCUT2D eigenvalue weighted by molar-refractivity contribution is -0.137. The quantitative estimate of drug-likeness (QED) is 0.858. The molecule has 2 aromatic rings. The van der Waals surface area contributed by atoms with Gasteiger partial charge in [0.2, 0.25) is 0 Å². The minimum Gasteiger partial charge on any atom is -0.330 e. The Labute approximate surface area is 114 Å². The molecule has 2 N–H and O–H groups in total. The second-order valence-corrected chi connectivity index (χ2v) is 4.45. The van der Waals surface area contributed by atoms with Crippen LogP contribution in [0.25, 0.3) is 5.69 Å². The second-order valence-electron chi connectivity index (χ2n) is 4.45. The molecule has 0 fully saturated rings.